The summed E-state index contributed by atoms with van der Waals surface area (Å²) < 4.78 is 32.8. The summed E-state index contributed by atoms with van der Waals surface area (Å²) in [6.45, 7) is 10.1. The van der Waals surface area contributed by atoms with Crippen LogP contribution in [0, 0.1) is 0 Å². The van der Waals surface area contributed by atoms with E-state index < -0.39 is 0 Å². The van der Waals surface area contributed by atoms with E-state index in [4.69, 9.17) is 52.1 Å². The zero-order chi connectivity index (χ0) is 66.2. The molecule has 0 radical (unpaired) electrons. The van der Waals surface area contributed by atoms with Crippen LogP contribution in [0.2, 0.25) is 0 Å². The van der Waals surface area contributed by atoms with E-state index in [9.17, 15) is 9.59 Å². The first-order chi connectivity index (χ1) is 46.6. The fraction of sp³-hybridized carbons (Fsp3) is 0.439. The Balaban J connectivity index is 1.01. The molecule has 0 aliphatic heterocycles. The first kappa shape index (κ1) is 71.5. The highest BCUT2D eigenvalue weighted by atomic mass is 32.2. The number of esters is 2. The Bertz CT molecular complexity index is 3760. The number of aromatic nitrogens is 2. The van der Waals surface area contributed by atoms with Crippen LogP contribution in [0.3, 0.4) is 0 Å². The molecular weight excluding hydrogens is 1270 g/mol. The number of benzene rings is 7. The predicted octanol–water partition coefficient (Wildman–Crippen LogP) is 23.5. The van der Waals surface area contributed by atoms with Gasteiger partial charge in [0.05, 0.1) is 49.7 Å². The molecule has 8 aromatic rings. The number of carbonyl (C=O) groups is 2. The lowest BCUT2D eigenvalue weighted by Gasteiger charge is -2.34. The molecule has 2 aliphatic rings. The SMILES string of the molecule is CCCCCCCCC1(CCCCCCCC)c2cc(-c3ccc4c(c3)C(CCCCCCOC(=O)CSC(=S)OCC)(CCCCCCOC(=O)CSC(=S)OCC)c3cc(-c5ccccc5)ccc3-4)ccc2-c2ccc(-c3ccc(-c4ccccc4)c4nsnc34)cc21. The third kappa shape index (κ3) is 18.1. The number of rotatable bonds is 38. The second kappa shape index (κ2) is 36.4. The fourth-order valence-corrected chi connectivity index (χ4v) is 17.0. The summed E-state index contributed by atoms with van der Waals surface area (Å²) in [6.07, 6.45) is 26.8. The molecule has 1 heterocycles. The van der Waals surface area contributed by atoms with Crippen molar-refractivity contribution in [1.29, 1.82) is 0 Å². The summed E-state index contributed by atoms with van der Waals surface area (Å²) in [4.78, 5) is 25.4. The van der Waals surface area contributed by atoms with Crippen molar-refractivity contribution in [3.8, 4) is 66.8 Å². The van der Waals surface area contributed by atoms with Gasteiger partial charge in [-0.3, -0.25) is 9.59 Å². The lowest BCUT2D eigenvalue weighted by atomic mass is 9.69. The third-order valence-corrected chi connectivity index (χ3v) is 22.5. The third-order valence-electron chi connectivity index (χ3n) is 19.5. The highest BCUT2D eigenvalue weighted by Gasteiger charge is 2.45. The number of nitrogens with zero attached hydrogens (tertiary/aromatic N) is 2. The number of fused-ring (bicyclic) bond motifs is 7. The van der Waals surface area contributed by atoms with Crippen molar-refractivity contribution in [3.63, 3.8) is 0 Å². The van der Waals surface area contributed by atoms with Crippen LogP contribution in [0.5, 0.6) is 0 Å². The van der Waals surface area contributed by atoms with Crippen LogP contribution >= 0.6 is 59.7 Å². The van der Waals surface area contributed by atoms with E-state index in [0.29, 0.717) is 35.2 Å². The van der Waals surface area contributed by atoms with Crippen molar-refractivity contribution in [3.05, 3.63) is 168 Å². The van der Waals surface area contributed by atoms with Gasteiger partial charge in [-0.2, -0.15) is 8.75 Å². The Labute approximate surface area is 589 Å². The summed E-state index contributed by atoms with van der Waals surface area (Å²) in [7, 11) is 0. The maximum atomic E-state index is 12.7. The molecule has 0 unspecified atom stereocenters. The molecule has 500 valence electrons. The van der Waals surface area contributed by atoms with Gasteiger partial charge in [0.2, 0.25) is 8.77 Å². The van der Waals surface area contributed by atoms with E-state index >= 15 is 0 Å². The van der Waals surface area contributed by atoms with E-state index in [0.717, 1.165) is 105 Å². The van der Waals surface area contributed by atoms with Gasteiger partial charge in [0.15, 0.2) is 0 Å². The van der Waals surface area contributed by atoms with Gasteiger partial charge in [-0.1, -0.05) is 274 Å². The van der Waals surface area contributed by atoms with Crippen LogP contribution < -0.4 is 0 Å². The molecule has 10 rings (SSSR count). The molecular formula is C82H96N2O6S5. The van der Waals surface area contributed by atoms with Crippen molar-refractivity contribution in [1.82, 2.24) is 8.75 Å². The van der Waals surface area contributed by atoms with Gasteiger partial charge in [0.25, 0.3) is 0 Å². The average molecular weight is 1370 g/mol. The predicted molar refractivity (Wildman–Crippen MR) is 409 cm³/mol. The Morgan fingerprint density at radius 2 is 0.695 bits per heavy atom. The molecule has 95 heavy (non-hydrogen) atoms. The molecule has 0 bridgehead atoms. The zero-order valence-electron chi connectivity index (χ0n) is 56.5. The molecule has 0 saturated heterocycles. The maximum Gasteiger partial charge on any atom is 0.316 e. The molecule has 2 aliphatic carbocycles. The van der Waals surface area contributed by atoms with Crippen LogP contribution in [0.25, 0.3) is 77.8 Å². The van der Waals surface area contributed by atoms with Crippen molar-refractivity contribution < 1.29 is 28.5 Å². The number of unbranched alkanes of at least 4 members (excludes halogenated alkanes) is 16. The van der Waals surface area contributed by atoms with Gasteiger partial charge in [0.1, 0.15) is 11.0 Å². The number of hydrogen-bond donors (Lipinski definition) is 0. The molecule has 0 fully saturated rings. The monoisotopic (exact) mass is 1360 g/mol. The largest absolute Gasteiger partial charge is 0.479 e. The quantitative estimate of drug-likeness (QED) is 0.0209. The second-order valence-electron chi connectivity index (χ2n) is 25.8. The van der Waals surface area contributed by atoms with Gasteiger partial charge < -0.3 is 18.9 Å². The van der Waals surface area contributed by atoms with E-state index in [1.54, 1.807) is 0 Å². The lowest BCUT2D eigenvalue weighted by molar-refractivity contribution is -0.141. The second-order valence-corrected chi connectivity index (χ2v) is 29.5. The van der Waals surface area contributed by atoms with Gasteiger partial charge in [-0.15, -0.1) is 0 Å². The molecule has 0 spiro atoms. The van der Waals surface area contributed by atoms with E-state index in [1.165, 1.54) is 185 Å². The minimum atomic E-state index is -0.267. The van der Waals surface area contributed by atoms with Crippen LogP contribution in [0.15, 0.2) is 146 Å². The van der Waals surface area contributed by atoms with E-state index in [1.807, 2.05) is 13.8 Å². The first-order valence-corrected chi connectivity index (χ1v) is 39.0. The van der Waals surface area contributed by atoms with Gasteiger partial charge in [0, 0.05) is 22.0 Å². The van der Waals surface area contributed by atoms with Crippen LogP contribution in [-0.4, -0.2) is 67.4 Å². The Morgan fingerprint density at radius 1 is 0.368 bits per heavy atom. The topological polar surface area (TPSA) is 96.8 Å². The van der Waals surface area contributed by atoms with Gasteiger partial charge in [-0.05, 0) is 179 Å². The Morgan fingerprint density at radius 3 is 1.09 bits per heavy atom. The van der Waals surface area contributed by atoms with Crippen molar-refractivity contribution in [2.24, 2.45) is 0 Å². The van der Waals surface area contributed by atoms with Crippen LogP contribution in [0.4, 0.5) is 0 Å². The molecule has 0 amide bonds. The van der Waals surface area contributed by atoms with Crippen molar-refractivity contribution in [2.45, 2.75) is 193 Å². The summed E-state index contributed by atoms with van der Waals surface area (Å²) in [6, 6.07) is 55.6. The molecule has 0 saturated carbocycles. The number of ether oxygens (including phenoxy) is 4. The number of hydrogen-bond acceptors (Lipinski definition) is 13. The summed E-state index contributed by atoms with van der Waals surface area (Å²) in [5, 5.41) is 0. The molecule has 0 atom stereocenters. The van der Waals surface area contributed by atoms with Gasteiger partial charge in [-0.25, -0.2) is 0 Å². The Hall–Kier alpha value is -6.22. The molecule has 1 aromatic heterocycles. The fourth-order valence-electron chi connectivity index (χ4n) is 14.8. The minimum Gasteiger partial charge on any atom is -0.479 e. The number of thiocarbonyl (C=S) groups is 2. The first-order valence-electron chi connectivity index (χ1n) is 35.5. The molecule has 7 aromatic carbocycles. The zero-order valence-corrected chi connectivity index (χ0v) is 60.5. The van der Waals surface area contributed by atoms with Crippen molar-refractivity contribution >= 4 is 91.4 Å². The number of thioether (sulfide) groups is 2. The Kier molecular flexibility index (Phi) is 27.4. The van der Waals surface area contributed by atoms with E-state index in [2.05, 4.69) is 159 Å². The highest BCUT2D eigenvalue weighted by molar-refractivity contribution is 8.23. The standard InChI is InChI=1S/C82H96N2O6S5/c1-5-9-11-13-15-27-47-82(48-28-16-14-12-10-6-2)73-55-63(39-43-69(73)70-44-40-64(56-74(70)82)66-46-45-65(60-35-25-22-26-36-60)77-78(66)84-95-83-77)62-38-42-68-67-41-37-61(59-33-23-21-24-34-59)53-71(67)81(72(68)54-62,49-29-17-19-31-51-89-75(85)57-93-79(91)87-7-3)50-30-18-20-32-52-90-76(86)58-94-80(92)88-8-4/h21-26,33-46,53-56H,5-20,27-32,47-52,57-58H2,1-4H3. The molecule has 8 nitrogen and oxygen atoms in total. The smallest absolute Gasteiger partial charge is 0.316 e. The van der Waals surface area contributed by atoms with E-state index in [-0.39, 0.29) is 34.3 Å². The van der Waals surface area contributed by atoms with Gasteiger partial charge >= 0.3 is 11.9 Å². The lowest BCUT2D eigenvalue weighted by Crippen LogP contribution is -2.26. The summed E-state index contributed by atoms with van der Waals surface area (Å²) in [5.74, 6) is -0.220. The molecule has 13 heteroatoms. The highest BCUT2D eigenvalue weighted by Crippen LogP contribution is 2.58. The van der Waals surface area contributed by atoms with Crippen LogP contribution in [0.1, 0.15) is 204 Å². The number of carbonyl (C=O) groups excluding carboxylic acids is 2. The van der Waals surface area contributed by atoms with Crippen molar-refractivity contribution in [2.75, 3.05) is 37.9 Å². The summed E-state index contributed by atoms with van der Waals surface area (Å²) in [5.41, 5.74) is 22.3. The normalized spacial score (nSPS) is 13.1. The molecule has 0 N–H and O–H groups in total. The maximum absolute atomic E-state index is 12.7. The minimum absolute atomic E-state index is 0.154. The summed E-state index contributed by atoms with van der Waals surface area (Å²) >= 11 is 14.2. The van der Waals surface area contributed by atoms with Crippen LogP contribution in [-0.2, 0) is 39.4 Å². The average Bonchev–Trinajstić information content (AvgIpc) is 1.58.